The average molecular weight is 274 g/mol. The Hall–Kier alpha value is -2.30. The number of aryl methyl sites for hydroxylation is 2. The van der Waals surface area contributed by atoms with Crippen LogP contribution in [0.3, 0.4) is 0 Å². The zero-order valence-electron chi connectivity index (χ0n) is 11.4. The molecule has 0 fully saturated rings. The fourth-order valence-electron chi connectivity index (χ4n) is 2.05. The molecule has 5 heteroatoms. The van der Waals surface area contributed by atoms with Gasteiger partial charge in [-0.2, -0.15) is 5.10 Å². The molecule has 0 aliphatic carbocycles. The monoisotopic (exact) mass is 274 g/mol. The van der Waals surface area contributed by atoms with E-state index in [1.54, 1.807) is 24.0 Å². The summed E-state index contributed by atoms with van der Waals surface area (Å²) in [5.74, 6) is -1.45. The molecule has 1 aromatic carbocycles. The maximum absolute atomic E-state index is 13.5. The number of ketones is 2. The van der Waals surface area contributed by atoms with E-state index in [0.717, 1.165) is 0 Å². The lowest BCUT2D eigenvalue weighted by Crippen LogP contribution is -2.11. The number of nitrogens with zero attached hydrogens (tertiary/aromatic N) is 2. The molecule has 1 heterocycles. The highest BCUT2D eigenvalue weighted by Crippen LogP contribution is 2.14. The topological polar surface area (TPSA) is 52.0 Å². The van der Waals surface area contributed by atoms with Crippen molar-refractivity contribution in [3.63, 3.8) is 0 Å². The normalized spacial score (nSPS) is 10.6. The van der Waals surface area contributed by atoms with Gasteiger partial charge in [-0.3, -0.25) is 14.3 Å². The molecule has 104 valence electrons. The van der Waals surface area contributed by atoms with Crippen molar-refractivity contribution < 1.29 is 14.0 Å². The molecule has 0 spiro atoms. The molecular formula is C15H15FN2O2. The maximum Gasteiger partial charge on any atom is 0.174 e. The van der Waals surface area contributed by atoms with Crippen molar-refractivity contribution in [3.05, 3.63) is 53.1 Å². The number of benzene rings is 1. The smallest absolute Gasteiger partial charge is 0.174 e. The molecule has 2 aromatic rings. The third kappa shape index (κ3) is 2.82. The number of Topliss-reactive ketones (excluding diaryl/α,β-unsaturated/α-hetero) is 2. The molecule has 0 aliphatic rings. The van der Waals surface area contributed by atoms with Crippen LogP contribution >= 0.6 is 0 Å². The van der Waals surface area contributed by atoms with E-state index < -0.39 is 11.6 Å². The van der Waals surface area contributed by atoms with Crippen molar-refractivity contribution in [1.29, 1.82) is 0 Å². The van der Waals surface area contributed by atoms with E-state index in [2.05, 4.69) is 5.10 Å². The number of carbonyl (C=O) groups is 2. The maximum atomic E-state index is 13.5. The summed E-state index contributed by atoms with van der Waals surface area (Å²) >= 11 is 0. The zero-order valence-corrected chi connectivity index (χ0v) is 11.4. The molecule has 0 atom stereocenters. The molecule has 20 heavy (non-hydrogen) atoms. The predicted octanol–water partition coefficient (Wildman–Crippen LogP) is 2.58. The summed E-state index contributed by atoms with van der Waals surface area (Å²) in [7, 11) is 1.72. The van der Waals surface area contributed by atoms with Gasteiger partial charge in [-0.15, -0.1) is 0 Å². The molecule has 0 unspecified atom stereocenters. The molecule has 4 nitrogen and oxygen atoms in total. The largest absolute Gasteiger partial charge is 0.294 e. The van der Waals surface area contributed by atoms with Gasteiger partial charge in [0.15, 0.2) is 11.6 Å². The highest BCUT2D eigenvalue weighted by Gasteiger charge is 2.20. The number of hydrogen-bond donors (Lipinski definition) is 0. The Balaban J connectivity index is 2.20. The molecule has 0 aliphatic heterocycles. The molecular weight excluding hydrogens is 259 g/mol. The highest BCUT2D eigenvalue weighted by atomic mass is 19.1. The van der Waals surface area contributed by atoms with Crippen molar-refractivity contribution in [3.8, 4) is 0 Å². The highest BCUT2D eigenvalue weighted by molar-refractivity contribution is 6.13. The van der Waals surface area contributed by atoms with E-state index in [-0.39, 0.29) is 17.8 Å². The van der Waals surface area contributed by atoms with Crippen LogP contribution in [0, 0.1) is 5.82 Å². The van der Waals surface area contributed by atoms with E-state index in [1.165, 1.54) is 18.2 Å². The van der Waals surface area contributed by atoms with Crippen LogP contribution < -0.4 is 0 Å². The summed E-state index contributed by atoms with van der Waals surface area (Å²) in [4.78, 5) is 24.1. The van der Waals surface area contributed by atoms with Crippen LogP contribution in [0.2, 0.25) is 0 Å². The fourth-order valence-corrected chi connectivity index (χ4v) is 2.05. The molecule has 0 saturated carbocycles. The van der Waals surface area contributed by atoms with Gasteiger partial charge in [0.2, 0.25) is 0 Å². The van der Waals surface area contributed by atoms with Crippen LogP contribution in [-0.2, 0) is 13.5 Å². The van der Waals surface area contributed by atoms with Crippen LogP contribution in [0.4, 0.5) is 4.39 Å². The van der Waals surface area contributed by atoms with Gasteiger partial charge in [0.25, 0.3) is 0 Å². The van der Waals surface area contributed by atoms with E-state index in [0.29, 0.717) is 17.7 Å². The van der Waals surface area contributed by atoms with Gasteiger partial charge in [0.1, 0.15) is 5.82 Å². The molecule has 0 saturated heterocycles. The molecule has 0 amide bonds. The van der Waals surface area contributed by atoms with Gasteiger partial charge in [0.05, 0.1) is 23.2 Å². The quantitative estimate of drug-likeness (QED) is 0.622. The standard InChI is InChI=1S/C15H15FN2O2/c1-3-13-11(9-18(2)17-13)15(20)8-14(19)10-6-4-5-7-12(10)16/h4-7,9H,3,8H2,1-2H3. The minimum Gasteiger partial charge on any atom is -0.294 e. The Morgan fingerprint density at radius 1 is 1.20 bits per heavy atom. The number of carbonyl (C=O) groups excluding carboxylic acids is 2. The van der Waals surface area contributed by atoms with Crippen LogP contribution in [0.25, 0.3) is 0 Å². The first-order valence-electron chi connectivity index (χ1n) is 6.36. The van der Waals surface area contributed by atoms with Gasteiger partial charge in [-0.1, -0.05) is 19.1 Å². The lowest BCUT2D eigenvalue weighted by atomic mass is 10.0. The molecule has 0 radical (unpaired) electrons. The summed E-state index contributed by atoms with van der Waals surface area (Å²) < 4.78 is 15.0. The number of halogens is 1. The van der Waals surface area contributed by atoms with Gasteiger partial charge in [0, 0.05) is 13.2 Å². The summed E-state index contributed by atoms with van der Waals surface area (Å²) in [6.07, 6.45) is 1.85. The Bertz CT molecular complexity index is 662. The lowest BCUT2D eigenvalue weighted by molar-refractivity contribution is 0.0892. The summed E-state index contributed by atoms with van der Waals surface area (Å²) in [6, 6.07) is 5.67. The van der Waals surface area contributed by atoms with Crippen LogP contribution in [0.1, 0.15) is 39.8 Å². The fraction of sp³-hybridized carbons (Fsp3) is 0.267. The zero-order chi connectivity index (χ0) is 14.7. The van der Waals surface area contributed by atoms with Gasteiger partial charge >= 0.3 is 0 Å². The summed E-state index contributed by atoms with van der Waals surface area (Å²) in [5.41, 5.74) is 1.03. The van der Waals surface area contributed by atoms with E-state index in [4.69, 9.17) is 0 Å². The van der Waals surface area contributed by atoms with Crippen molar-refractivity contribution in [2.24, 2.45) is 7.05 Å². The molecule has 0 N–H and O–H groups in total. The summed E-state index contributed by atoms with van der Waals surface area (Å²) in [6.45, 7) is 1.89. The second-order valence-electron chi connectivity index (χ2n) is 4.52. The average Bonchev–Trinajstić information content (AvgIpc) is 2.80. The first kappa shape index (κ1) is 14.1. The third-order valence-electron chi connectivity index (χ3n) is 3.04. The SMILES string of the molecule is CCc1nn(C)cc1C(=O)CC(=O)c1ccccc1F. The Morgan fingerprint density at radius 3 is 2.50 bits per heavy atom. The van der Waals surface area contributed by atoms with Crippen molar-refractivity contribution in [1.82, 2.24) is 9.78 Å². The summed E-state index contributed by atoms with van der Waals surface area (Å²) in [5, 5.41) is 4.16. The predicted molar refractivity (Wildman–Crippen MR) is 72.3 cm³/mol. The first-order valence-corrected chi connectivity index (χ1v) is 6.36. The van der Waals surface area contributed by atoms with E-state index >= 15 is 0 Å². The first-order chi connectivity index (χ1) is 9.52. The Labute approximate surface area is 116 Å². The minimum absolute atomic E-state index is 0.0530. The number of rotatable bonds is 5. The number of aromatic nitrogens is 2. The van der Waals surface area contributed by atoms with Crippen molar-refractivity contribution in [2.75, 3.05) is 0 Å². The second kappa shape index (κ2) is 5.77. The molecule has 0 bridgehead atoms. The molecule has 1 aromatic heterocycles. The second-order valence-corrected chi connectivity index (χ2v) is 4.52. The Morgan fingerprint density at radius 2 is 1.85 bits per heavy atom. The van der Waals surface area contributed by atoms with Crippen molar-refractivity contribution >= 4 is 11.6 Å². The van der Waals surface area contributed by atoms with Crippen LogP contribution in [-0.4, -0.2) is 21.3 Å². The van der Waals surface area contributed by atoms with Crippen molar-refractivity contribution in [2.45, 2.75) is 19.8 Å². The van der Waals surface area contributed by atoms with E-state index in [1.807, 2.05) is 6.92 Å². The Kier molecular flexibility index (Phi) is 4.08. The number of hydrogen-bond acceptors (Lipinski definition) is 3. The minimum atomic E-state index is -0.604. The van der Waals surface area contributed by atoms with Gasteiger partial charge in [-0.05, 0) is 18.6 Å². The third-order valence-corrected chi connectivity index (χ3v) is 3.04. The lowest BCUT2D eigenvalue weighted by Gasteiger charge is -2.02. The van der Waals surface area contributed by atoms with Gasteiger partial charge < -0.3 is 0 Å². The molecule has 2 rings (SSSR count). The van der Waals surface area contributed by atoms with E-state index in [9.17, 15) is 14.0 Å². The van der Waals surface area contributed by atoms with Crippen LogP contribution in [0.5, 0.6) is 0 Å². The van der Waals surface area contributed by atoms with Gasteiger partial charge in [-0.25, -0.2) is 4.39 Å². The van der Waals surface area contributed by atoms with Crippen LogP contribution in [0.15, 0.2) is 30.5 Å².